The maximum absolute atomic E-state index is 13.2. The van der Waals surface area contributed by atoms with Crippen molar-refractivity contribution in [2.75, 3.05) is 14.2 Å². The van der Waals surface area contributed by atoms with Gasteiger partial charge in [0.15, 0.2) is 5.71 Å². The van der Waals surface area contributed by atoms with Crippen LogP contribution < -0.4 is 5.32 Å². The lowest BCUT2D eigenvalue weighted by Crippen LogP contribution is -2.29. The Morgan fingerprint density at radius 2 is 1.93 bits per heavy atom. The van der Waals surface area contributed by atoms with E-state index in [4.69, 9.17) is 9.68 Å². The summed E-state index contributed by atoms with van der Waals surface area (Å²) >= 11 is 0. The van der Waals surface area contributed by atoms with Crippen molar-refractivity contribution in [1.82, 2.24) is 5.32 Å². The van der Waals surface area contributed by atoms with Gasteiger partial charge in [-0.05, 0) is 25.5 Å². The number of benzene rings is 2. The van der Waals surface area contributed by atoms with E-state index in [9.17, 15) is 18.0 Å². The highest BCUT2D eigenvalue weighted by molar-refractivity contribution is 6.45. The third-order valence-electron chi connectivity index (χ3n) is 4.28. The summed E-state index contributed by atoms with van der Waals surface area (Å²) in [5, 5.41) is 9.95. The van der Waals surface area contributed by atoms with Crippen molar-refractivity contribution in [2.24, 2.45) is 10.3 Å². The molecule has 160 valence electrons. The van der Waals surface area contributed by atoms with E-state index in [1.807, 2.05) is 13.0 Å². The van der Waals surface area contributed by atoms with Gasteiger partial charge in [-0.15, -0.1) is 0 Å². The number of hydrogen-bond acceptors (Lipinski definition) is 5. The number of carbonyl (C=O) groups is 1. The summed E-state index contributed by atoms with van der Waals surface area (Å²) in [5.41, 5.74) is 1.51. The molecule has 0 spiro atoms. The maximum Gasteiger partial charge on any atom is 0.417 e. The molecule has 0 aromatic heterocycles. The largest absolute Gasteiger partial charge is 0.417 e. The number of carbonyl (C=O) groups excluding carboxylic acids is 1. The molecule has 0 saturated carbocycles. The monoisotopic (exact) mass is 421 g/mol. The van der Waals surface area contributed by atoms with E-state index in [0.717, 1.165) is 17.8 Å². The van der Waals surface area contributed by atoms with E-state index >= 15 is 0 Å². The molecule has 2 aromatic rings. The molecule has 0 unspecified atom stereocenters. The Morgan fingerprint density at radius 3 is 2.57 bits per heavy atom. The highest BCUT2D eigenvalue weighted by Gasteiger charge is 2.33. The van der Waals surface area contributed by atoms with Gasteiger partial charge in [-0.25, -0.2) is 0 Å². The highest BCUT2D eigenvalue weighted by atomic mass is 19.4. The average molecular weight is 421 g/mol. The summed E-state index contributed by atoms with van der Waals surface area (Å²) in [4.78, 5) is 22.2. The van der Waals surface area contributed by atoms with Gasteiger partial charge in [0.2, 0.25) is 0 Å². The number of aryl methyl sites for hydroxylation is 2. The summed E-state index contributed by atoms with van der Waals surface area (Å²) in [6, 6.07) is 9.17. The smallest absolute Gasteiger partial charge is 0.398 e. The Kier molecular flexibility index (Phi) is 7.57. The zero-order valence-corrected chi connectivity index (χ0v) is 17.0. The van der Waals surface area contributed by atoms with Crippen LogP contribution in [0, 0.1) is 13.8 Å². The van der Waals surface area contributed by atoms with Crippen LogP contribution in [-0.2, 0) is 27.3 Å². The fourth-order valence-corrected chi connectivity index (χ4v) is 2.76. The van der Waals surface area contributed by atoms with Crippen LogP contribution >= 0.6 is 0 Å². The summed E-state index contributed by atoms with van der Waals surface area (Å²) in [6.45, 7) is 3.31. The van der Waals surface area contributed by atoms with Crippen molar-refractivity contribution in [3.05, 3.63) is 69.8 Å². The molecule has 2 rings (SSSR count). The fourth-order valence-electron chi connectivity index (χ4n) is 2.76. The molecule has 0 bridgehead atoms. The van der Waals surface area contributed by atoms with Crippen LogP contribution in [0.25, 0.3) is 0 Å². The minimum absolute atomic E-state index is 0.0455. The molecular formula is C21H22F3N3O3. The molecule has 0 aliphatic carbocycles. The van der Waals surface area contributed by atoms with Gasteiger partial charge in [0.1, 0.15) is 13.7 Å². The second-order valence-corrected chi connectivity index (χ2v) is 6.40. The number of nitrogens with zero attached hydrogens (tertiary/aromatic N) is 2. The topological polar surface area (TPSA) is 72.3 Å². The lowest BCUT2D eigenvalue weighted by molar-refractivity contribution is -0.137. The first-order valence-corrected chi connectivity index (χ1v) is 8.94. The molecule has 1 N–H and O–H groups in total. The van der Waals surface area contributed by atoms with Crippen LogP contribution in [-0.4, -0.2) is 32.0 Å². The minimum atomic E-state index is -4.50. The molecule has 0 aliphatic rings. The fraction of sp³-hybridized carbons (Fsp3) is 0.286. The molecule has 0 aliphatic heterocycles. The summed E-state index contributed by atoms with van der Waals surface area (Å²) in [5.74, 6) is -0.457. The number of nitrogens with one attached hydrogen (secondary N) is 1. The standard InChI is InChI=1S/C21H22F3N3O3/c1-13-8-9-15(18(10-13)21(22,23)24)11-26-30-12-17-14(2)6-5-7-16(17)19(27-29-4)20(28)25-3/h5-11H,12H2,1-4H3,(H,25,28)/b26-11+,27-19+. The zero-order valence-electron chi connectivity index (χ0n) is 17.0. The molecule has 0 saturated heterocycles. The number of rotatable bonds is 7. The number of oxime groups is 2. The molecule has 0 radical (unpaired) electrons. The van der Waals surface area contributed by atoms with Gasteiger partial charge in [-0.3, -0.25) is 4.79 Å². The quantitative estimate of drug-likeness (QED) is 0.543. The Morgan fingerprint density at radius 1 is 1.20 bits per heavy atom. The van der Waals surface area contributed by atoms with Gasteiger partial charge < -0.3 is 15.0 Å². The molecule has 9 heteroatoms. The molecule has 0 heterocycles. The minimum Gasteiger partial charge on any atom is -0.398 e. The van der Waals surface area contributed by atoms with Crippen LogP contribution in [0.2, 0.25) is 0 Å². The molecule has 6 nitrogen and oxygen atoms in total. The van der Waals surface area contributed by atoms with Crippen LogP contribution in [0.4, 0.5) is 13.2 Å². The predicted molar refractivity (Wildman–Crippen MR) is 107 cm³/mol. The second kappa shape index (κ2) is 9.91. The van der Waals surface area contributed by atoms with Gasteiger partial charge in [-0.2, -0.15) is 13.2 Å². The Labute approximate surface area is 172 Å². The number of halogens is 3. The maximum atomic E-state index is 13.2. The highest BCUT2D eigenvalue weighted by Crippen LogP contribution is 2.32. The molecular weight excluding hydrogens is 399 g/mol. The van der Waals surface area contributed by atoms with E-state index < -0.39 is 17.6 Å². The van der Waals surface area contributed by atoms with E-state index in [2.05, 4.69) is 15.6 Å². The van der Waals surface area contributed by atoms with E-state index in [-0.39, 0.29) is 17.9 Å². The molecule has 0 atom stereocenters. The number of alkyl halides is 3. The van der Waals surface area contributed by atoms with Gasteiger partial charge >= 0.3 is 6.18 Å². The Balaban J connectivity index is 2.28. The van der Waals surface area contributed by atoms with E-state index in [0.29, 0.717) is 16.7 Å². The first-order chi connectivity index (χ1) is 14.2. The molecule has 0 fully saturated rings. The SMILES string of the molecule is CNC(=O)/C(=N/OC)c1cccc(C)c1CO/N=C/c1ccc(C)cc1C(F)(F)F. The third-order valence-corrected chi connectivity index (χ3v) is 4.28. The van der Waals surface area contributed by atoms with Crippen molar-refractivity contribution in [3.8, 4) is 0 Å². The molecule has 1 amide bonds. The summed E-state index contributed by atoms with van der Waals surface area (Å²) < 4.78 is 39.6. The zero-order chi connectivity index (χ0) is 22.3. The number of likely N-dealkylation sites (N-methyl/N-ethyl adjacent to an activating group) is 1. The first kappa shape index (κ1) is 22.9. The first-order valence-electron chi connectivity index (χ1n) is 8.94. The van der Waals surface area contributed by atoms with Crippen molar-refractivity contribution in [1.29, 1.82) is 0 Å². The van der Waals surface area contributed by atoms with E-state index in [1.165, 1.54) is 20.2 Å². The van der Waals surface area contributed by atoms with Crippen molar-refractivity contribution < 1.29 is 27.6 Å². The van der Waals surface area contributed by atoms with Crippen LogP contribution in [0.1, 0.15) is 33.4 Å². The van der Waals surface area contributed by atoms with Gasteiger partial charge in [0, 0.05) is 23.7 Å². The lowest BCUT2D eigenvalue weighted by atomic mass is 9.98. The van der Waals surface area contributed by atoms with E-state index in [1.54, 1.807) is 25.1 Å². The lowest BCUT2D eigenvalue weighted by Gasteiger charge is -2.13. The Bertz CT molecular complexity index is 970. The normalized spacial score (nSPS) is 12.2. The number of amides is 1. The van der Waals surface area contributed by atoms with Crippen molar-refractivity contribution >= 4 is 17.8 Å². The van der Waals surface area contributed by atoms with Gasteiger partial charge in [0.25, 0.3) is 5.91 Å². The average Bonchev–Trinajstić information content (AvgIpc) is 2.70. The van der Waals surface area contributed by atoms with Gasteiger partial charge in [0.05, 0.1) is 11.8 Å². The van der Waals surface area contributed by atoms with Gasteiger partial charge in [-0.1, -0.05) is 46.2 Å². The molecule has 2 aromatic carbocycles. The van der Waals surface area contributed by atoms with Crippen LogP contribution in [0.15, 0.2) is 46.7 Å². The third kappa shape index (κ3) is 5.59. The Hall–Kier alpha value is -3.36. The van der Waals surface area contributed by atoms with Crippen molar-refractivity contribution in [3.63, 3.8) is 0 Å². The second-order valence-electron chi connectivity index (χ2n) is 6.40. The number of hydrogen-bond donors (Lipinski definition) is 1. The van der Waals surface area contributed by atoms with Crippen LogP contribution in [0.3, 0.4) is 0 Å². The summed E-state index contributed by atoms with van der Waals surface area (Å²) in [6.07, 6.45) is -3.49. The van der Waals surface area contributed by atoms with Crippen molar-refractivity contribution in [2.45, 2.75) is 26.6 Å². The summed E-state index contributed by atoms with van der Waals surface area (Å²) in [7, 11) is 2.78. The van der Waals surface area contributed by atoms with Crippen LogP contribution in [0.5, 0.6) is 0 Å². The predicted octanol–water partition coefficient (Wildman–Crippen LogP) is 3.97. The molecule has 30 heavy (non-hydrogen) atoms.